The second kappa shape index (κ2) is 10.8. The number of amides is 1. The molecule has 0 aliphatic carbocycles. The molecule has 9 nitrogen and oxygen atoms in total. The maximum Gasteiger partial charge on any atom is 0.424 e. The molecule has 0 saturated carbocycles. The van der Waals surface area contributed by atoms with Crippen molar-refractivity contribution in [1.82, 2.24) is 15.1 Å². The van der Waals surface area contributed by atoms with Crippen molar-refractivity contribution in [2.24, 2.45) is 0 Å². The van der Waals surface area contributed by atoms with Crippen LogP contribution in [0.4, 0.5) is 27.6 Å². The maximum atomic E-state index is 13.8. The van der Waals surface area contributed by atoms with Crippen LogP contribution in [-0.2, 0) is 39.7 Å². The fourth-order valence-electron chi connectivity index (χ4n) is 4.37. The van der Waals surface area contributed by atoms with Gasteiger partial charge in [-0.1, -0.05) is 12.1 Å². The van der Waals surface area contributed by atoms with Gasteiger partial charge in [0.25, 0.3) is 10.0 Å². The van der Waals surface area contributed by atoms with E-state index in [4.69, 9.17) is 4.42 Å². The first kappa shape index (κ1) is 29.4. The molecule has 15 heteroatoms. The molecule has 1 aliphatic heterocycles. The van der Waals surface area contributed by atoms with Crippen molar-refractivity contribution < 1.29 is 44.7 Å². The lowest BCUT2D eigenvalue weighted by Gasteiger charge is -2.38. The Bertz CT molecular complexity index is 1490. The summed E-state index contributed by atoms with van der Waals surface area (Å²) in [5.41, 5.74) is -4.43. The van der Waals surface area contributed by atoms with Crippen LogP contribution in [0.5, 0.6) is 0 Å². The highest BCUT2D eigenvalue weighted by atomic mass is 32.2. The van der Waals surface area contributed by atoms with E-state index in [0.717, 1.165) is 46.8 Å². The van der Waals surface area contributed by atoms with Crippen molar-refractivity contribution in [3.8, 4) is 0 Å². The largest absolute Gasteiger partial charge is 0.425 e. The van der Waals surface area contributed by atoms with Gasteiger partial charge in [0, 0.05) is 20.5 Å². The van der Waals surface area contributed by atoms with Crippen molar-refractivity contribution in [3.05, 3.63) is 71.2 Å². The molecule has 40 heavy (non-hydrogen) atoms. The van der Waals surface area contributed by atoms with Gasteiger partial charge in [0.05, 0.1) is 16.6 Å². The number of benzene rings is 2. The number of sulfonamides is 1. The van der Waals surface area contributed by atoms with Crippen LogP contribution >= 0.6 is 0 Å². The van der Waals surface area contributed by atoms with Crippen LogP contribution in [0, 0.1) is 5.82 Å². The molecule has 1 aliphatic rings. The highest BCUT2D eigenvalue weighted by Crippen LogP contribution is 2.43. The number of likely N-dealkylation sites (N-methyl/N-ethyl adjacent to an activating group) is 1. The van der Waals surface area contributed by atoms with Crippen LogP contribution in [-0.4, -0.2) is 67.5 Å². The molecule has 0 bridgehead atoms. The number of halogens is 5. The minimum Gasteiger partial charge on any atom is -0.425 e. The zero-order valence-electron chi connectivity index (χ0n) is 21.3. The Kier molecular flexibility index (Phi) is 7.91. The standard InChI is InChI=1S/C25H25F5N4O5S/c1-33(2)23(35)13-22-32-31-21(39-22)12-18-7-3-15-11-16(24(36,14-26)25(28,29)30)4-10-20(15)34(18)40(37,38)19-8-5-17(27)6-9-19/h4-6,8-11,18,36H,3,7,12-14H2,1-2H3/t18-,24?/m0/s1. The average molecular weight is 589 g/mol. The summed E-state index contributed by atoms with van der Waals surface area (Å²) >= 11 is 0. The molecule has 216 valence electrons. The van der Waals surface area contributed by atoms with Gasteiger partial charge in [0.1, 0.15) is 18.9 Å². The minimum absolute atomic E-state index is 0.00441. The summed E-state index contributed by atoms with van der Waals surface area (Å²) in [4.78, 5) is 13.0. The Balaban J connectivity index is 1.75. The maximum absolute atomic E-state index is 13.8. The van der Waals surface area contributed by atoms with E-state index in [0.29, 0.717) is 0 Å². The molecule has 0 saturated heterocycles. The van der Waals surface area contributed by atoms with Crippen LogP contribution in [0.15, 0.2) is 51.8 Å². The number of alkyl halides is 4. The van der Waals surface area contributed by atoms with Gasteiger partial charge in [0.15, 0.2) is 0 Å². The van der Waals surface area contributed by atoms with E-state index in [9.17, 15) is 40.3 Å². The number of carbonyl (C=O) groups is 1. The van der Waals surface area contributed by atoms with E-state index in [1.165, 1.54) is 4.90 Å². The molecule has 0 radical (unpaired) electrons. The summed E-state index contributed by atoms with van der Waals surface area (Å²) < 4.78 is 102. The Labute approximate surface area is 226 Å². The molecular formula is C25H25F5N4O5S. The van der Waals surface area contributed by atoms with E-state index >= 15 is 0 Å². The number of nitrogens with zero attached hydrogens (tertiary/aromatic N) is 4. The normalized spacial score (nSPS) is 17.3. The van der Waals surface area contributed by atoms with Crippen molar-refractivity contribution in [1.29, 1.82) is 0 Å². The second-order valence-electron chi connectivity index (χ2n) is 9.54. The van der Waals surface area contributed by atoms with Gasteiger partial charge in [-0.25, -0.2) is 17.2 Å². The van der Waals surface area contributed by atoms with Gasteiger partial charge in [-0.05, 0) is 54.3 Å². The third-order valence-corrected chi connectivity index (χ3v) is 8.51. The van der Waals surface area contributed by atoms with Crippen LogP contribution in [0.3, 0.4) is 0 Å². The number of rotatable bonds is 8. The Morgan fingerprint density at radius 1 is 1.12 bits per heavy atom. The summed E-state index contributed by atoms with van der Waals surface area (Å²) in [6, 6.07) is 5.95. The Morgan fingerprint density at radius 2 is 1.77 bits per heavy atom. The highest BCUT2D eigenvalue weighted by Gasteiger charge is 2.55. The first-order valence-electron chi connectivity index (χ1n) is 12.0. The lowest BCUT2D eigenvalue weighted by Crippen LogP contribution is -2.46. The van der Waals surface area contributed by atoms with E-state index in [1.54, 1.807) is 14.1 Å². The van der Waals surface area contributed by atoms with E-state index in [2.05, 4.69) is 10.2 Å². The average Bonchev–Trinajstić information content (AvgIpc) is 3.33. The third-order valence-electron chi connectivity index (χ3n) is 6.63. The predicted molar refractivity (Wildman–Crippen MR) is 131 cm³/mol. The molecule has 3 aromatic rings. The van der Waals surface area contributed by atoms with Gasteiger partial charge in [-0.3, -0.25) is 9.10 Å². The summed E-state index contributed by atoms with van der Waals surface area (Å²) in [6.07, 6.45) is -5.46. The van der Waals surface area contributed by atoms with Crippen LogP contribution < -0.4 is 4.31 Å². The van der Waals surface area contributed by atoms with Gasteiger partial charge in [-0.15, -0.1) is 10.2 Å². The zero-order valence-corrected chi connectivity index (χ0v) is 22.1. The van der Waals surface area contributed by atoms with Crippen molar-refractivity contribution in [2.45, 2.75) is 48.4 Å². The summed E-state index contributed by atoms with van der Waals surface area (Å²) in [6.45, 7) is -2.13. The van der Waals surface area contributed by atoms with Crippen LogP contribution in [0.1, 0.15) is 29.3 Å². The molecular weight excluding hydrogens is 563 g/mol. The number of anilines is 1. The van der Waals surface area contributed by atoms with Crippen molar-refractivity contribution in [2.75, 3.05) is 25.1 Å². The van der Waals surface area contributed by atoms with Gasteiger partial charge in [0.2, 0.25) is 23.3 Å². The molecule has 2 heterocycles. The quantitative estimate of drug-likeness (QED) is 0.402. The van der Waals surface area contributed by atoms with E-state index in [1.807, 2.05) is 0 Å². The van der Waals surface area contributed by atoms with Crippen molar-refractivity contribution in [3.63, 3.8) is 0 Å². The van der Waals surface area contributed by atoms with E-state index in [-0.39, 0.29) is 59.5 Å². The fraction of sp³-hybridized carbons (Fsp3) is 0.400. The van der Waals surface area contributed by atoms with Gasteiger partial charge in [-0.2, -0.15) is 13.2 Å². The monoisotopic (exact) mass is 588 g/mol. The molecule has 1 aromatic heterocycles. The van der Waals surface area contributed by atoms with E-state index < -0.39 is 45.9 Å². The number of aromatic nitrogens is 2. The highest BCUT2D eigenvalue weighted by molar-refractivity contribution is 7.92. The molecule has 1 N–H and O–H groups in total. The second-order valence-corrected chi connectivity index (χ2v) is 11.4. The number of fused-ring (bicyclic) bond motifs is 1. The molecule has 1 unspecified atom stereocenters. The molecule has 0 fully saturated rings. The Morgan fingerprint density at radius 3 is 2.38 bits per heavy atom. The number of aliphatic hydroxyl groups is 1. The molecule has 2 atom stereocenters. The SMILES string of the molecule is CN(C)C(=O)Cc1nnc(C[C@@H]2CCc3cc(C(O)(CF)C(F)(F)F)ccc3N2S(=O)(=O)c2ccc(F)cc2)o1. The smallest absolute Gasteiger partial charge is 0.424 e. The number of aryl methyl sites for hydroxylation is 1. The molecule has 2 aromatic carbocycles. The third kappa shape index (κ3) is 5.52. The van der Waals surface area contributed by atoms with Crippen LogP contribution in [0.25, 0.3) is 0 Å². The van der Waals surface area contributed by atoms with Gasteiger partial charge < -0.3 is 14.4 Å². The summed E-state index contributed by atoms with van der Waals surface area (Å²) in [5.74, 6) is -0.942. The number of hydrogen-bond acceptors (Lipinski definition) is 7. The number of carbonyl (C=O) groups excluding carboxylic acids is 1. The first-order chi connectivity index (χ1) is 18.7. The molecule has 1 amide bonds. The van der Waals surface area contributed by atoms with Gasteiger partial charge >= 0.3 is 6.18 Å². The predicted octanol–water partition coefficient (Wildman–Crippen LogP) is 3.31. The fourth-order valence-corrected chi connectivity index (χ4v) is 6.09. The minimum atomic E-state index is -5.32. The molecule has 0 spiro atoms. The lowest BCUT2D eigenvalue weighted by molar-refractivity contribution is -0.271. The lowest BCUT2D eigenvalue weighted by atomic mass is 9.88. The number of hydrogen-bond donors (Lipinski definition) is 1. The summed E-state index contributed by atoms with van der Waals surface area (Å²) in [7, 11) is -1.32. The van der Waals surface area contributed by atoms with Crippen molar-refractivity contribution >= 4 is 21.6 Å². The topological polar surface area (TPSA) is 117 Å². The Hall–Kier alpha value is -3.59. The summed E-state index contributed by atoms with van der Waals surface area (Å²) in [5, 5.41) is 17.8. The molecule has 4 rings (SSSR count). The van der Waals surface area contributed by atoms with Crippen LogP contribution in [0.2, 0.25) is 0 Å². The first-order valence-corrected chi connectivity index (χ1v) is 13.4. The zero-order chi connectivity index (χ0) is 29.5.